The number of benzene rings is 1. The zero-order chi connectivity index (χ0) is 14.9. The standard InChI is InChI=1S/C17H18N4O/c1-22-14-4-2-12(3-5-14)13-7-9-21(10-13)17-15-6-8-18-16(15)19-11-20-17/h2-6,8,11,13H,7,9-10H2,1H3,(H,18,19,20). The van der Waals surface area contributed by atoms with Gasteiger partial charge in [0.2, 0.25) is 0 Å². The summed E-state index contributed by atoms with van der Waals surface area (Å²) in [7, 11) is 1.70. The first-order valence-corrected chi connectivity index (χ1v) is 7.52. The number of ether oxygens (including phenoxy) is 1. The van der Waals surface area contributed by atoms with E-state index in [2.05, 4.69) is 32.0 Å². The van der Waals surface area contributed by atoms with Crippen molar-refractivity contribution >= 4 is 16.9 Å². The highest BCUT2D eigenvalue weighted by atomic mass is 16.5. The lowest BCUT2D eigenvalue weighted by Crippen LogP contribution is -2.20. The fourth-order valence-corrected chi connectivity index (χ4v) is 3.21. The Morgan fingerprint density at radius 1 is 1.18 bits per heavy atom. The predicted octanol–water partition coefficient (Wildman–Crippen LogP) is 2.96. The molecule has 3 heterocycles. The Bertz CT molecular complexity index is 781. The highest BCUT2D eigenvalue weighted by Crippen LogP contribution is 2.33. The third kappa shape index (κ3) is 2.19. The Kier molecular flexibility index (Phi) is 3.18. The maximum absolute atomic E-state index is 5.23. The second-order valence-electron chi connectivity index (χ2n) is 5.64. The summed E-state index contributed by atoms with van der Waals surface area (Å²) < 4.78 is 5.23. The number of H-pyrrole nitrogens is 1. The molecule has 1 fully saturated rings. The van der Waals surface area contributed by atoms with Gasteiger partial charge in [0.05, 0.1) is 12.5 Å². The van der Waals surface area contributed by atoms with Crippen molar-refractivity contribution in [2.45, 2.75) is 12.3 Å². The van der Waals surface area contributed by atoms with E-state index in [0.717, 1.165) is 42.1 Å². The SMILES string of the molecule is COc1ccc(C2CCN(c3ncnc4[nH]ccc34)C2)cc1. The fourth-order valence-electron chi connectivity index (χ4n) is 3.21. The lowest BCUT2D eigenvalue weighted by Gasteiger charge is -2.18. The number of nitrogens with zero attached hydrogens (tertiary/aromatic N) is 3. The van der Waals surface area contributed by atoms with E-state index in [9.17, 15) is 0 Å². The maximum Gasteiger partial charge on any atom is 0.142 e. The smallest absolute Gasteiger partial charge is 0.142 e. The largest absolute Gasteiger partial charge is 0.497 e. The van der Waals surface area contributed by atoms with Gasteiger partial charge in [0, 0.05) is 25.2 Å². The lowest BCUT2D eigenvalue weighted by atomic mass is 9.98. The van der Waals surface area contributed by atoms with Crippen LogP contribution in [0.1, 0.15) is 17.9 Å². The van der Waals surface area contributed by atoms with E-state index >= 15 is 0 Å². The molecule has 0 aliphatic carbocycles. The number of nitrogens with one attached hydrogen (secondary N) is 1. The van der Waals surface area contributed by atoms with Crippen LogP contribution in [0.15, 0.2) is 42.9 Å². The van der Waals surface area contributed by atoms with Gasteiger partial charge in [-0.1, -0.05) is 12.1 Å². The molecule has 0 spiro atoms. The van der Waals surface area contributed by atoms with Crippen LogP contribution in [0.25, 0.3) is 11.0 Å². The Balaban J connectivity index is 1.58. The molecule has 2 aromatic heterocycles. The van der Waals surface area contributed by atoms with Gasteiger partial charge in [-0.3, -0.25) is 0 Å². The number of hydrogen-bond donors (Lipinski definition) is 1. The summed E-state index contributed by atoms with van der Waals surface area (Å²) in [5.41, 5.74) is 2.26. The zero-order valence-corrected chi connectivity index (χ0v) is 12.5. The molecule has 1 aliphatic rings. The second kappa shape index (κ2) is 5.33. The van der Waals surface area contributed by atoms with Crippen molar-refractivity contribution in [3.05, 3.63) is 48.4 Å². The molecule has 1 aromatic carbocycles. The van der Waals surface area contributed by atoms with Crippen molar-refractivity contribution < 1.29 is 4.74 Å². The molecule has 112 valence electrons. The molecule has 4 rings (SSSR count). The summed E-state index contributed by atoms with van der Waals surface area (Å²) in [5.74, 6) is 2.47. The molecule has 5 nitrogen and oxygen atoms in total. The van der Waals surface area contributed by atoms with Crippen LogP contribution in [-0.4, -0.2) is 35.2 Å². The van der Waals surface area contributed by atoms with E-state index in [-0.39, 0.29) is 0 Å². The molecule has 5 heteroatoms. The molecule has 22 heavy (non-hydrogen) atoms. The highest BCUT2D eigenvalue weighted by molar-refractivity contribution is 5.87. The van der Waals surface area contributed by atoms with Crippen molar-refractivity contribution in [1.29, 1.82) is 0 Å². The lowest BCUT2D eigenvalue weighted by molar-refractivity contribution is 0.414. The molecule has 1 atom stereocenters. The molecule has 0 amide bonds. The Morgan fingerprint density at radius 2 is 2.05 bits per heavy atom. The number of rotatable bonds is 3. The molecule has 0 bridgehead atoms. The summed E-state index contributed by atoms with van der Waals surface area (Å²) in [6, 6.07) is 10.4. The van der Waals surface area contributed by atoms with Crippen molar-refractivity contribution in [2.75, 3.05) is 25.1 Å². The van der Waals surface area contributed by atoms with Crippen molar-refractivity contribution in [1.82, 2.24) is 15.0 Å². The van der Waals surface area contributed by atoms with Gasteiger partial charge in [-0.25, -0.2) is 9.97 Å². The number of fused-ring (bicyclic) bond motifs is 1. The summed E-state index contributed by atoms with van der Waals surface area (Å²) in [5, 5.41) is 1.10. The minimum absolute atomic E-state index is 0.537. The first-order chi connectivity index (χ1) is 10.8. The molecule has 1 aliphatic heterocycles. The summed E-state index contributed by atoms with van der Waals surface area (Å²) >= 11 is 0. The monoisotopic (exact) mass is 294 g/mol. The molecular formula is C17H18N4O. The highest BCUT2D eigenvalue weighted by Gasteiger charge is 2.26. The average molecular weight is 294 g/mol. The van der Waals surface area contributed by atoms with Crippen LogP contribution in [-0.2, 0) is 0 Å². The van der Waals surface area contributed by atoms with E-state index in [0.29, 0.717) is 5.92 Å². The van der Waals surface area contributed by atoms with Crippen LogP contribution >= 0.6 is 0 Å². The zero-order valence-electron chi connectivity index (χ0n) is 12.5. The van der Waals surface area contributed by atoms with Crippen LogP contribution in [0.3, 0.4) is 0 Å². The third-order valence-corrected chi connectivity index (χ3v) is 4.41. The molecular weight excluding hydrogens is 276 g/mol. The number of aromatic nitrogens is 3. The fraction of sp³-hybridized carbons (Fsp3) is 0.294. The van der Waals surface area contributed by atoms with Gasteiger partial charge in [-0.15, -0.1) is 0 Å². The van der Waals surface area contributed by atoms with E-state index in [4.69, 9.17) is 4.74 Å². The van der Waals surface area contributed by atoms with E-state index < -0.39 is 0 Å². The summed E-state index contributed by atoms with van der Waals surface area (Å²) in [6.07, 6.45) is 4.69. The molecule has 1 unspecified atom stereocenters. The minimum atomic E-state index is 0.537. The molecule has 1 N–H and O–H groups in total. The number of methoxy groups -OCH3 is 1. The van der Waals surface area contributed by atoms with Gasteiger partial charge in [-0.2, -0.15) is 0 Å². The number of hydrogen-bond acceptors (Lipinski definition) is 4. The van der Waals surface area contributed by atoms with Crippen LogP contribution in [0.2, 0.25) is 0 Å². The predicted molar refractivity (Wildman–Crippen MR) is 86.5 cm³/mol. The van der Waals surface area contributed by atoms with Crippen molar-refractivity contribution in [3.8, 4) is 5.75 Å². The second-order valence-corrected chi connectivity index (χ2v) is 5.64. The average Bonchev–Trinajstić information content (AvgIpc) is 3.24. The normalized spacial score (nSPS) is 18.0. The minimum Gasteiger partial charge on any atom is -0.497 e. The molecule has 0 radical (unpaired) electrons. The van der Waals surface area contributed by atoms with Crippen LogP contribution in [0, 0.1) is 0 Å². The molecule has 3 aromatic rings. The van der Waals surface area contributed by atoms with Gasteiger partial charge in [-0.05, 0) is 30.2 Å². The van der Waals surface area contributed by atoms with Crippen molar-refractivity contribution in [3.63, 3.8) is 0 Å². The first kappa shape index (κ1) is 13.1. The van der Waals surface area contributed by atoms with Gasteiger partial charge in [0.1, 0.15) is 23.5 Å². The van der Waals surface area contributed by atoms with E-state index in [1.165, 1.54) is 5.56 Å². The first-order valence-electron chi connectivity index (χ1n) is 7.52. The number of anilines is 1. The molecule has 1 saturated heterocycles. The van der Waals surface area contributed by atoms with E-state index in [1.807, 2.05) is 24.4 Å². The van der Waals surface area contributed by atoms with Gasteiger partial charge < -0.3 is 14.6 Å². The third-order valence-electron chi connectivity index (χ3n) is 4.41. The quantitative estimate of drug-likeness (QED) is 0.807. The number of aromatic amines is 1. The van der Waals surface area contributed by atoms with Gasteiger partial charge in [0.15, 0.2) is 0 Å². The Hall–Kier alpha value is -2.56. The summed E-state index contributed by atoms with van der Waals surface area (Å²) in [6.45, 7) is 2.01. The van der Waals surface area contributed by atoms with Crippen LogP contribution in [0.5, 0.6) is 5.75 Å². The van der Waals surface area contributed by atoms with Gasteiger partial charge in [0.25, 0.3) is 0 Å². The van der Waals surface area contributed by atoms with E-state index in [1.54, 1.807) is 13.4 Å². The maximum atomic E-state index is 5.23. The summed E-state index contributed by atoms with van der Waals surface area (Å²) in [4.78, 5) is 14.3. The van der Waals surface area contributed by atoms with Crippen LogP contribution in [0.4, 0.5) is 5.82 Å². The Labute approximate surface area is 129 Å². The Morgan fingerprint density at radius 3 is 2.86 bits per heavy atom. The molecule has 0 saturated carbocycles. The van der Waals surface area contributed by atoms with Crippen LogP contribution < -0.4 is 9.64 Å². The van der Waals surface area contributed by atoms with Gasteiger partial charge >= 0.3 is 0 Å². The topological polar surface area (TPSA) is 54.0 Å². The van der Waals surface area contributed by atoms with Crippen molar-refractivity contribution in [2.24, 2.45) is 0 Å².